The lowest BCUT2D eigenvalue weighted by Gasteiger charge is -2.32. The highest BCUT2D eigenvalue weighted by atomic mass is 16.6. The number of amides is 1. The van der Waals surface area contributed by atoms with Crippen LogP contribution in [0.4, 0.5) is 4.79 Å². The lowest BCUT2D eigenvalue weighted by molar-refractivity contribution is -0.155. The monoisotopic (exact) mass is 358 g/mol. The van der Waals surface area contributed by atoms with Gasteiger partial charge in [-0.3, -0.25) is 4.79 Å². The molecular formula is C18H34N2O5. The van der Waals surface area contributed by atoms with Crippen molar-refractivity contribution in [1.29, 1.82) is 0 Å². The van der Waals surface area contributed by atoms with Gasteiger partial charge in [-0.2, -0.15) is 0 Å². The molecule has 4 N–H and O–H groups in total. The van der Waals surface area contributed by atoms with Gasteiger partial charge < -0.3 is 25.6 Å². The molecule has 1 aliphatic carbocycles. The Kier molecular flexibility index (Phi) is 7.26. The predicted molar refractivity (Wildman–Crippen MR) is 94.9 cm³/mol. The zero-order valence-corrected chi connectivity index (χ0v) is 16.3. The van der Waals surface area contributed by atoms with Crippen molar-refractivity contribution in [2.45, 2.75) is 84.1 Å². The molecule has 0 spiro atoms. The van der Waals surface area contributed by atoms with Crippen molar-refractivity contribution in [1.82, 2.24) is 5.32 Å². The molecule has 4 unspecified atom stereocenters. The van der Waals surface area contributed by atoms with E-state index < -0.39 is 23.2 Å². The Labute approximate surface area is 150 Å². The Morgan fingerprint density at radius 2 is 1.96 bits per heavy atom. The Morgan fingerprint density at radius 3 is 2.44 bits per heavy atom. The molecule has 0 radical (unpaired) electrons. The van der Waals surface area contributed by atoms with Gasteiger partial charge in [0.15, 0.2) is 0 Å². The second-order valence-corrected chi connectivity index (χ2v) is 8.35. The molecular weight excluding hydrogens is 324 g/mol. The average Bonchev–Trinajstić information content (AvgIpc) is 2.87. The number of aliphatic hydroxyl groups is 1. The van der Waals surface area contributed by atoms with E-state index in [-0.39, 0.29) is 30.4 Å². The van der Waals surface area contributed by atoms with E-state index in [0.717, 1.165) is 0 Å². The van der Waals surface area contributed by atoms with Gasteiger partial charge in [0.25, 0.3) is 0 Å². The number of hydrogen-bond donors (Lipinski definition) is 3. The molecule has 0 aromatic heterocycles. The molecule has 25 heavy (non-hydrogen) atoms. The SMILES string of the molecule is COC(=O)C1(CC(O)C(C)[C@H](C)N)CCC(NC(=O)OC(C)(C)C)C1. The lowest BCUT2D eigenvalue weighted by atomic mass is 9.77. The van der Waals surface area contributed by atoms with Crippen LogP contribution in [0.1, 0.15) is 60.3 Å². The van der Waals surface area contributed by atoms with Crippen molar-refractivity contribution in [3.63, 3.8) is 0 Å². The van der Waals surface area contributed by atoms with Crippen LogP contribution in [0.25, 0.3) is 0 Å². The van der Waals surface area contributed by atoms with Crippen molar-refractivity contribution in [2.24, 2.45) is 17.1 Å². The molecule has 146 valence electrons. The highest BCUT2D eigenvalue weighted by Gasteiger charge is 2.48. The number of methoxy groups -OCH3 is 1. The Bertz CT molecular complexity index is 475. The third kappa shape index (κ3) is 6.15. The summed E-state index contributed by atoms with van der Waals surface area (Å²) in [6.45, 7) is 9.09. The molecule has 0 aromatic carbocycles. The molecule has 0 bridgehead atoms. The number of esters is 1. The van der Waals surface area contributed by atoms with E-state index in [9.17, 15) is 14.7 Å². The van der Waals surface area contributed by atoms with Gasteiger partial charge in [-0.05, 0) is 59.3 Å². The second-order valence-electron chi connectivity index (χ2n) is 8.35. The zero-order valence-electron chi connectivity index (χ0n) is 16.3. The summed E-state index contributed by atoms with van der Waals surface area (Å²) in [5, 5.41) is 13.3. The number of hydrogen-bond acceptors (Lipinski definition) is 6. The van der Waals surface area contributed by atoms with Crippen LogP contribution in [-0.4, -0.2) is 48.1 Å². The molecule has 0 aromatic rings. The summed E-state index contributed by atoms with van der Waals surface area (Å²) in [5.41, 5.74) is 4.48. The number of ether oxygens (including phenoxy) is 2. The molecule has 1 fully saturated rings. The van der Waals surface area contributed by atoms with Crippen molar-refractivity contribution < 1.29 is 24.2 Å². The quantitative estimate of drug-likeness (QED) is 0.626. The van der Waals surface area contributed by atoms with Crippen LogP contribution in [-0.2, 0) is 14.3 Å². The standard InChI is InChI=1S/C18H34N2O5/c1-11(12(2)19)14(21)10-18(15(22)24-6)8-7-13(9-18)20-16(23)25-17(3,4)5/h11-14,21H,7-10,19H2,1-6H3,(H,20,23)/t11?,12-,13?,14?,18?/m0/s1. The molecule has 5 atom stereocenters. The average molecular weight is 358 g/mol. The first-order valence-corrected chi connectivity index (χ1v) is 8.92. The lowest BCUT2D eigenvalue weighted by Crippen LogP contribution is -2.42. The largest absolute Gasteiger partial charge is 0.469 e. The minimum Gasteiger partial charge on any atom is -0.469 e. The van der Waals surface area contributed by atoms with Gasteiger partial charge in [-0.1, -0.05) is 6.92 Å². The molecule has 7 nitrogen and oxygen atoms in total. The molecule has 7 heteroatoms. The van der Waals surface area contributed by atoms with Crippen molar-refractivity contribution in [3.05, 3.63) is 0 Å². The van der Waals surface area contributed by atoms with Gasteiger partial charge in [0.05, 0.1) is 18.6 Å². The molecule has 0 aliphatic heterocycles. The summed E-state index contributed by atoms with van der Waals surface area (Å²) in [4.78, 5) is 24.4. The molecule has 1 rings (SSSR count). The maximum atomic E-state index is 12.4. The summed E-state index contributed by atoms with van der Waals surface area (Å²) < 4.78 is 10.3. The number of alkyl carbamates (subject to hydrolysis) is 1. The highest BCUT2D eigenvalue weighted by molar-refractivity contribution is 5.77. The van der Waals surface area contributed by atoms with E-state index in [4.69, 9.17) is 15.2 Å². The maximum Gasteiger partial charge on any atom is 0.407 e. The number of carbonyl (C=O) groups is 2. The smallest absolute Gasteiger partial charge is 0.407 e. The van der Waals surface area contributed by atoms with E-state index in [1.807, 2.05) is 13.8 Å². The van der Waals surface area contributed by atoms with Crippen LogP contribution in [0.3, 0.4) is 0 Å². The summed E-state index contributed by atoms with van der Waals surface area (Å²) >= 11 is 0. The first-order chi connectivity index (χ1) is 11.4. The van der Waals surface area contributed by atoms with Gasteiger partial charge in [0.1, 0.15) is 5.60 Å². The first kappa shape index (κ1) is 21.7. The minimum atomic E-state index is -0.809. The topological polar surface area (TPSA) is 111 Å². The third-order valence-electron chi connectivity index (χ3n) is 4.98. The van der Waals surface area contributed by atoms with E-state index in [1.54, 1.807) is 20.8 Å². The molecule has 1 saturated carbocycles. The number of nitrogens with one attached hydrogen (secondary N) is 1. The van der Waals surface area contributed by atoms with Gasteiger partial charge in [0, 0.05) is 12.1 Å². The fraction of sp³-hybridized carbons (Fsp3) is 0.889. The van der Waals surface area contributed by atoms with Crippen LogP contribution < -0.4 is 11.1 Å². The Morgan fingerprint density at radius 1 is 1.36 bits per heavy atom. The maximum absolute atomic E-state index is 12.4. The predicted octanol–water partition coefficient (Wildman–Crippen LogP) is 1.96. The second kappa shape index (κ2) is 8.36. The normalized spacial score (nSPS) is 27.3. The van der Waals surface area contributed by atoms with Crippen LogP contribution in [0, 0.1) is 11.3 Å². The number of aliphatic hydroxyl groups excluding tert-OH is 1. The summed E-state index contributed by atoms with van der Waals surface area (Å²) in [7, 11) is 1.35. The molecule has 1 aliphatic rings. The van der Waals surface area contributed by atoms with Crippen molar-refractivity contribution >= 4 is 12.1 Å². The van der Waals surface area contributed by atoms with Crippen LogP contribution in [0.2, 0.25) is 0 Å². The van der Waals surface area contributed by atoms with Gasteiger partial charge in [-0.25, -0.2) is 4.79 Å². The number of rotatable bonds is 6. The molecule has 0 heterocycles. The minimum absolute atomic E-state index is 0.139. The van der Waals surface area contributed by atoms with E-state index in [2.05, 4.69) is 5.32 Å². The summed E-state index contributed by atoms with van der Waals surface area (Å²) in [6, 6.07) is -0.367. The fourth-order valence-electron chi connectivity index (χ4n) is 3.33. The molecule has 0 saturated heterocycles. The first-order valence-electron chi connectivity index (χ1n) is 8.92. The number of nitrogens with two attached hydrogens (primary N) is 1. The fourth-order valence-corrected chi connectivity index (χ4v) is 3.33. The Hall–Kier alpha value is -1.34. The van der Waals surface area contributed by atoms with Crippen molar-refractivity contribution in [3.8, 4) is 0 Å². The van der Waals surface area contributed by atoms with E-state index in [0.29, 0.717) is 19.3 Å². The van der Waals surface area contributed by atoms with Gasteiger partial charge in [0.2, 0.25) is 0 Å². The Balaban J connectivity index is 2.78. The molecule has 1 amide bonds. The highest BCUT2D eigenvalue weighted by Crippen LogP contribution is 2.44. The van der Waals surface area contributed by atoms with Crippen LogP contribution in [0.5, 0.6) is 0 Å². The third-order valence-corrected chi connectivity index (χ3v) is 4.98. The van der Waals surface area contributed by atoms with E-state index >= 15 is 0 Å². The number of carbonyl (C=O) groups excluding carboxylic acids is 2. The summed E-state index contributed by atoms with van der Waals surface area (Å²) in [6.07, 6.45) is 0.662. The van der Waals surface area contributed by atoms with Gasteiger partial charge in [-0.15, -0.1) is 0 Å². The zero-order chi connectivity index (χ0) is 19.4. The van der Waals surface area contributed by atoms with Gasteiger partial charge >= 0.3 is 12.1 Å². The van der Waals surface area contributed by atoms with Crippen LogP contribution in [0.15, 0.2) is 0 Å². The van der Waals surface area contributed by atoms with Crippen molar-refractivity contribution in [2.75, 3.05) is 7.11 Å². The van der Waals surface area contributed by atoms with E-state index in [1.165, 1.54) is 7.11 Å². The van der Waals surface area contributed by atoms with Crippen LogP contribution >= 0.6 is 0 Å². The summed E-state index contributed by atoms with van der Waals surface area (Å²) in [5.74, 6) is -0.490.